The Labute approximate surface area is 131 Å². The van der Waals surface area contributed by atoms with E-state index in [1.54, 1.807) is 0 Å². The third-order valence-corrected chi connectivity index (χ3v) is 3.83. The van der Waals surface area contributed by atoms with Gasteiger partial charge in [0.2, 0.25) is 0 Å². The lowest BCUT2D eigenvalue weighted by atomic mass is 10.3. The zero-order chi connectivity index (χ0) is 14.2. The first-order valence-electron chi connectivity index (χ1n) is 7.16. The molecule has 0 aliphatic heterocycles. The first-order chi connectivity index (χ1) is 9.74. The maximum absolute atomic E-state index is 5.92. The van der Waals surface area contributed by atoms with Crippen molar-refractivity contribution in [2.24, 2.45) is 0 Å². The second kappa shape index (κ2) is 8.45. The maximum Gasteiger partial charge on any atom is 0.170 e. The van der Waals surface area contributed by atoms with Crippen LogP contribution in [0.4, 0.5) is 5.69 Å². The monoisotopic (exact) mass is 312 g/mol. The van der Waals surface area contributed by atoms with E-state index >= 15 is 0 Å². The average molecular weight is 313 g/mol. The van der Waals surface area contributed by atoms with Crippen molar-refractivity contribution in [2.45, 2.75) is 38.2 Å². The smallest absolute Gasteiger partial charge is 0.170 e. The number of thiocarbonyl (C=S) groups is 1. The Kier molecular flexibility index (Phi) is 6.57. The van der Waals surface area contributed by atoms with Crippen molar-refractivity contribution in [3.05, 3.63) is 29.3 Å². The molecule has 1 aromatic carbocycles. The second-order valence-corrected chi connectivity index (χ2v) is 5.87. The van der Waals surface area contributed by atoms with E-state index in [1.807, 2.05) is 24.3 Å². The Morgan fingerprint density at radius 3 is 2.90 bits per heavy atom. The van der Waals surface area contributed by atoms with Crippen molar-refractivity contribution < 1.29 is 4.74 Å². The van der Waals surface area contributed by atoms with E-state index in [0.29, 0.717) is 16.2 Å². The molecule has 5 heteroatoms. The summed E-state index contributed by atoms with van der Waals surface area (Å²) in [5.41, 5.74) is 0.900. The summed E-state index contributed by atoms with van der Waals surface area (Å²) in [4.78, 5) is 0. The van der Waals surface area contributed by atoms with Crippen molar-refractivity contribution >= 4 is 34.6 Å². The molecule has 1 aliphatic rings. The number of halogens is 1. The van der Waals surface area contributed by atoms with Crippen LogP contribution in [-0.2, 0) is 4.74 Å². The van der Waals surface area contributed by atoms with E-state index < -0.39 is 0 Å². The highest BCUT2D eigenvalue weighted by Crippen LogP contribution is 2.20. The van der Waals surface area contributed by atoms with Crippen LogP contribution in [-0.4, -0.2) is 24.4 Å². The molecular weight excluding hydrogens is 292 g/mol. The lowest BCUT2D eigenvalue weighted by Crippen LogP contribution is -2.30. The molecule has 2 rings (SSSR count). The Morgan fingerprint density at radius 2 is 2.15 bits per heavy atom. The van der Waals surface area contributed by atoms with Crippen molar-refractivity contribution in [3.63, 3.8) is 0 Å². The lowest BCUT2D eigenvalue weighted by Gasteiger charge is -2.13. The normalized spacial score (nSPS) is 15.2. The van der Waals surface area contributed by atoms with Gasteiger partial charge in [0.05, 0.1) is 6.10 Å². The van der Waals surface area contributed by atoms with Crippen molar-refractivity contribution in [2.75, 3.05) is 18.5 Å². The molecule has 0 saturated heterocycles. The van der Waals surface area contributed by atoms with Crippen LogP contribution < -0.4 is 10.6 Å². The minimum Gasteiger partial charge on any atom is -0.378 e. The van der Waals surface area contributed by atoms with E-state index in [1.165, 1.54) is 25.7 Å². The zero-order valence-electron chi connectivity index (χ0n) is 11.5. The van der Waals surface area contributed by atoms with Gasteiger partial charge >= 0.3 is 0 Å². The first-order valence-corrected chi connectivity index (χ1v) is 7.95. The molecule has 0 heterocycles. The Balaban J connectivity index is 1.55. The molecule has 0 unspecified atom stereocenters. The van der Waals surface area contributed by atoms with Crippen molar-refractivity contribution in [3.8, 4) is 0 Å². The first kappa shape index (κ1) is 15.5. The third-order valence-electron chi connectivity index (χ3n) is 3.34. The Morgan fingerprint density at radius 1 is 1.35 bits per heavy atom. The van der Waals surface area contributed by atoms with Crippen molar-refractivity contribution in [1.82, 2.24) is 5.32 Å². The molecule has 0 bridgehead atoms. The van der Waals surface area contributed by atoms with Crippen LogP contribution in [0.2, 0.25) is 5.02 Å². The Hall–Kier alpha value is -0.840. The number of nitrogens with one attached hydrogen (secondary N) is 2. The summed E-state index contributed by atoms with van der Waals surface area (Å²) in [6.45, 7) is 1.62. The van der Waals surface area contributed by atoms with Crippen LogP contribution in [0.15, 0.2) is 24.3 Å². The van der Waals surface area contributed by atoms with Gasteiger partial charge in [-0.3, -0.25) is 0 Å². The number of ether oxygens (including phenoxy) is 1. The standard InChI is InChI=1S/C15H21ClN2OS/c16-12-5-3-6-13(11-12)18-15(20)17-9-4-10-19-14-7-1-2-8-14/h3,5-6,11,14H,1-2,4,7-10H2,(H2,17,18,20). The summed E-state index contributed by atoms with van der Waals surface area (Å²) >= 11 is 11.1. The highest BCUT2D eigenvalue weighted by atomic mass is 35.5. The van der Waals surface area contributed by atoms with Crippen LogP contribution in [0.1, 0.15) is 32.1 Å². The van der Waals surface area contributed by atoms with Gasteiger partial charge in [0.25, 0.3) is 0 Å². The minimum absolute atomic E-state index is 0.492. The number of anilines is 1. The van der Waals surface area contributed by atoms with Gasteiger partial charge in [-0.15, -0.1) is 0 Å². The fourth-order valence-electron chi connectivity index (χ4n) is 2.32. The third kappa shape index (κ3) is 5.65. The van der Waals surface area contributed by atoms with Gasteiger partial charge < -0.3 is 15.4 Å². The van der Waals surface area contributed by atoms with Gasteiger partial charge in [-0.05, 0) is 49.7 Å². The molecular formula is C15H21ClN2OS. The summed E-state index contributed by atoms with van der Waals surface area (Å²) in [5.74, 6) is 0. The predicted octanol–water partition coefficient (Wildman–Crippen LogP) is 3.98. The summed E-state index contributed by atoms with van der Waals surface area (Å²) < 4.78 is 5.80. The average Bonchev–Trinajstić information content (AvgIpc) is 2.91. The molecule has 2 N–H and O–H groups in total. The molecule has 3 nitrogen and oxygen atoms in total. The summed E-state index contributed by atoms with van der Waals surface area (Å²) in [6, 6.07) is 7.51. The number of benzene rings is 1. The molecule has 0 amide bonds. The topological polar surface area (TPSA) is 33.3 Å². The summed E-state index contributed by atoms with van der Waals surface area (Å²) in [6.07, 6.45) is 6.54. The van der Waals surface area contributed by atoms with E-state index in [-0.39, 0.29) is 0 Å². The number of rotatable bonds is 6. The SMILES string of the molecule is S=C(NCCCOC1CCCC1)Nc1cccc(Cl)c1. The van der Waals surface area contributed by atoms with Gasteiger partial charge in [0, 0.05) is 23.9 Å². The van der Waals surface area contributed by atoms with Gasteiger partial charge in [0.15, 0.2) is 5.11 Å². The minimum atomic E-state index is 0.492. The van der Waals surface area contributed by atoms with E-state index in [4.69, 9.17) is 28.6 Å². The molecule has 0 atom stereocenters. The summed E-state index contributed by atoms with van der Waals surface area (Å²) in [7, 11) is 0. The van der Waals surface area contributed by atoms with E-state index in [9.17, 15) is 0 Å². The molecule has 1 fully saturated rings. The molecule has 0 aromatic heterocycles. The van der Waals surface area contributed by atoms with Gasteiger partial charge in [-0.1, -0.05) is 30.5 Å². The quantitative estimate of drug-likeness (QED) is 0.615. The molecule has 1 saturated carbocycles. The lowest BCUT2D eigenvalue weighted by molar-refractivity contribution is 0.0574. The predicted molar refractivity (Wildman–Crippen MR) is 88.5 cm³/mol. The fourth-order valence-corrected chi connectivity index (χ4v) is 2.73. The summed E-state index contributed by atoms with van der Waals surface area (Å²) in [5, 5.41) is 7.60. The molecule has 0 spiro atoms. The van der Waals surface area contributed by atoms with Crippen LogP contribution in [0, 0.1) is 0 Å². The van der Waals surface area contributed by atoms with E-state index in [2.05, 4.69) is 10.6 Å². The van der Waals surface area contributed by atoms with Gasteiger partial charge in [-0.25, -0.2) is 0 Å². The second-order valence-electron chi connectivity index (χ2n) is 5.02. The molecule has 0 radical (unpaired) electrons. The number of hydrogen-bond donors (Lipinski definition) is 2. The molecule has 1 aromatic rings. The highest BCUT2D eigenvalue weighted by Gasteiger charge is 2.14. The molecule has 1 aliphatic carbocycles. The fraction of sp³-hybridized carbons (Fsp3) is 0.533. The van der Waals surface area contributed by atoms with Crippen LogP contribution in [0.25, 0.3) is 0 Å². The van der Waals surface area contributed by atoms with Crippen LogP contribution in [0.5, 0.6) is 0 Å². The van der Waals surface area contributed by atoms with Crippen molar-refractivity contribution in [1.29, 1.82) is 0 Å². The highest BCUT2D eigenvalue weighted by molar-refractivity contribution is 7.80. The number of hydrogen-bond acceptors (Lipinski definition) is 2. The van der Waals surface area contributed by atoms with Gasteiger partial charge in [0.1, 0.15) is 0 Å². The molecule has 20 heavy (non-hydrogen) atoms. The zero-order valence-corrected chi connectivity index (χ0v) is 13.1. The van der Waals surface area contributed by atoms with Crippen LogP contribution in [0.3, 0.4) is 0 Å². The largest absolute Gasteiger partial charge is 0.378 e. The van der Waals surface area contributed by atoms with E-state index in [0.717, 1.165) is 25.3 Å². The van der Waals surface area contributed by atoms with Crippen LogP contribution >= 0.6 is 23.8 Å². The van der Waals surface area contributed by atoms with Gasteiger partial charge in [-0.2, -0.15) is 0 Å². The molecule has 110 valence electrons. The maximum atomic E-state index is 5.92. The Bertz CT molecular complexity index is 436.